The van der Waals surface area contributed by atoms with Crippen molar-refractivity contribution in [2.75, 3.05) is 0 Å². The normalized spacial score (nSPS) is 11.0. The van der Waals surface area contributed by atoms with Gasteiger partial charge in [0.15, 0.2) is 11.2 Å². The summed E-state index contributed by atoms with van der Waals surface area (Å²) in [5, 5.41) is -0.268. The molecule has 0 amide bonds. The number of aromatic nitrogens is 4. The van der Waals surface area contributed by atoms with E-state index in [9.17, 15) is 19.2 Å². The molecule has 2 aromatic heterocycles. The fourth-order valence-electron chi connectivity index (χ4n) is 2.99. The number of esters is 1. The van der Waals surface area contributed by atoms with Gasteiger partial charge in [-0.15, -0.1) is 0 Å². The topological polar surface area (TPSA) is 105 Å². The lowest BCUT2D eigenvalue weighted by molar-refractivity contribution is -0.131. The van der Waals surface area contributed by atoms with Crippen molar-refractivity contribution in [2.45, 2.75) is 33.2 Å². The van der Waals surface area contributed by atoms with Crippen molar-refractivity contribution in [1.29, 1.82) is 0 Å². The molecule has 0 aliphatic heterocycles. The van der Waals surface area contributed by atoms with E-state index in [1.807, 2.05) is 6.92 Å². The van der Waals surface area contributed by atoms with Crippen molar-refractivity contribution in [1.82, 2.24) is 18.7 Å². The highest BCUT2D eigenvalue weighted by Crippen LogP contribution is 2.24. The quantitative estimate of drug-likeness (QED) is 0.356. The van der Waals surface area contributed by atoms with E-state index in [-0.39, 0.29) is 27.8 Å². The summed E-state index contributed by atoms with van der Waals surface area (Å²) in [7, 11) is 1.33. The van der Waals surface area contributed by atoms with Gasteiger partial charge in [-0.3, -0.25) is 23.5 Å². The zero-order chi connectivity index (χ0) is 21.3. The molecule has 9 nitrogen and oxygen atoms in total. The van der Waals surface area contributed by atoms with Crippen LogP contribution in [-0.2, 0) is 18.4 Å². The van der Waals surface area contributed by atoms with E-state index in [0.717, 1.165) is 15.6 Å². The fraction of sp³-hybridized carbons (Fsp3) is 0.316. The molecule has 0 bridgehead atoms. The molecule has 0 aliphatic rings. The number of para-hydroxylation sites is 1. The van der Waals surface area contributed by atoms with Crippen LogP contribution in [0.5, 0.6) is 5.75 Å². The number of hydrogen-bond acceptors (Lipinski definition) is 6. The first kappa shape index (κ1) is 20.5. The highest BCUT2D eigenvalue weighted by Gasteiger charge is 2.26. The van der Waals surface area contributed by atoms with E-state index < -0.39 is 23.1 Å². The van der Waals surface area contributed by atoms with E-state index >= 15 is 0 Å². The molecule has 0 fully saturated rings. The Morgan fingerprint density at radius 3 is 2.55 bits per heavy atom. The largest absolute Gasteiger partial charge is 0.426 e. The van der Waals surface area contributed by atoms with E-state index in [2.05, 4.69) is 4.98 Å². The highest BCUT2D eigenvalue weighted by atomic mass is 35.5. The number of carbonyl (C=O) groups excluding carboxylic acids is 2. The van der Waals surface area contributed by atoms with Crippen LogP contribution in [0.3, 0.4) is 0 Å². The maximum Gasteiger partial charge on any atom is 0.332 e. The van der Waals surface area contributed by atoms with Crippen LogP contribution >= 0.6 is 11.6 Å². The van der Waals surface area contributed by atoms with Gasteiger partial charge in [-0.05, 0) is 30.2 Å². The van der Waals surface area contributed by atoms with Crippen LogP contribution in [0, 0.1) is 0 Å². The second-order valence-corrected chi connectivity index (χ2v) is 6.77. The van der Waals surface area contributed by atoms with Gasteiger partial charge in [0.1, 0.15) is 5.75 Å². The van der Waals surface area contributed by atoms with Crippen LogP contribution in [0.4, 0.5) is 0 Å². The summed E-state index contributed by atoms with van der Waals surface area (Å²) in [6.07, 6.45) is 1.50. The summed E-state index contributed by atoms with van der Waals surface area (Å²) in [5.74, 6) is -1.28. The minimum Gasteiger partial charge on any atom is -0.426 e. The summed E-state index contributed by atoms with van der Waals surface area (Å²) in [5.41, 5.74) is -1.29. The van der Waals surface area contributed by atoms with Crippen molar-refractivity contribution in [3.63, 3.8) is 0 Å². The minimum absolute atomic E-state index is 0.0252. The minimum atomic E-state index is -0.702. The van der Waals surface area contributed by atoms with Crippen molar-refractivity contribution < 1.29 is 14.3 Å². The van der Waals surface area contributed by atoms with Crippen LogP contribution in [0.1, 0.15) is 37.0 Å². The maximum absolute atomic E-state index is 13.2. The molecule has 0 saturated carbocycles. The van der Waals surface area contributed by atoms with Crippen molar-refractivity contribution in [3.05, 3.63) is 56.0 Å². The summed E-state index contributed by atoms with van der Waals surface area (Å²) in [6, 6.07) is 6.09. The standard InChI is InChI=1S/C19H19ClN4O5/c1-4-5-10-23-15-14(17(27)22(3)19(23)28)24(18(20)21-15)16(26)12-8-6-7-9-13(12)29-11(2)25/h6-9H,4-5,10H2,1-3H3. The number of unbranched alkanes of at least 4 members (excludes halogenated alkanes) is 1. The number of rotatable bonds is 5. The predicted molar refractivity (Wildman–Crippen MR) is 107 cm³/mol. The summed E-state index contributed by atoms with van der Waals surface area (Å²) >= 11 is 6.21. The predicted octanol–water partition coefficient (Wildman–Crippen LogP) is 1.96. The third-order valence-electron chi connectivity index (χ3n) is 4.41. The van der Waals surface area contributed by atoms with Gasteiger partial charge in [-0.2, -0.15) is 4.98 Å². The van der Waals surface area contributed by atoms with Gasteiger partial charge in [-0.1, -0.05) is 25.5 Å². The third kappa shape index (κ3) is 3.61. The second-order valence-electron chi connectivity index (χ2n) is 6.44. The molecule has 29 heavy (non-hydrogen) atoms. The number of benzene rings is 1. The third-order valence-corrected chi connectivity index (χ3v) is 4.66. The maximum atomic E-state index is 13.2. The molecule has 3 rings (SSSR count). The van der Waals surface area contributed by atoms with Crippen LogP contribution in [0.15, 0.2) is 33.9 Å². The van der Waals surface area contributed by atoms with Crippen LogP contribution < -0.4 is 16.0 Å². The highest BCUT2D eigenvalue weighted by molar-refractivity contribution is 6.31. The molecule has 152 valence electrons. The van der Waals surface area contributed by atoms with Gasteiger partial charge in [0, 0.05) is 20.5 Å². The number of carbonyl (C=O) groups is 2. The Kier molecular flexibility index (Phi) is 5.69. The van der Waals surface area contributed by atoms with Crippen LogP contribution in [0.25, 0.3) is 11.2 Å². The number of fused-ring (bicyclic) bond motifs is 1. The van der Waals surface area contributed by atoms with Crippen molar-refractivity contribution in [3.8, 4) is 5.75 Å². The van der Waals surface area contributed by atoms with Gasteiger partial charge in [0.25, 0.3) is 11.5 Å². The molecule has 3 aromatic rings. The van der Waals surface area contributed by atoms with E-state index in [1.54, 1.807) is 12.1 Å². The lowest BCUT2D eigenvalue weighted by atomic mass is 10.2. The number of aryl methyl sites for hydroxylation is 1. The smallest absolute Gasteiger partial charge is 0.332 e. The molecule has 0 N–H and O–H groups in total. The summed E-state index contributed by atoms with van der Waals surface area (Å²) in [4.78, 5) is 54.0. The van der Waals surface area contributed by atoms with Crippen LogP contribution in [-0.4, -0.2) is 30.6 Å². The van der Waals surface area contributed by atoms with Crippen molar-refractivity contribution >= 4 is 34.6 Å². The Bertz CT molecular complexity index is 1240. The average Bonchev–Trinajstić information content (AvgIpc) is 3.02. The zero-order valence-corrected chi connectivity index (χ0v) is 16.9. The molecule has 0 unspecified atom stereocenters. The molecule has 1 aromatic carbocycles. The molecule has 2 heterocycles. The van der Waals surface area contributed by atoms with Gasteiger partial charge < -0.3 is 4.74 Å². The number of ether oxygens (including phenoxy) is 1. The number of imidazole rings is 1. The first-order valence-electron chi connectivity index (χ1n) is 8.97. The Morgan fingerprint density at radius 2 is 1.90 bits per heavy atom. The van der Waals surface area contributed by atoms with E-state index in [4.69, 9.17) is 16.3 Å². The first-order valence-corrected chi connectivity index (χ1v) is 9.35. The van der Waals surface area contributed by atoms with E-state index in [0.29, 0.717) is 13.0 Å². The summed E-state index contributed by atoms with van der Waals surface area (Å²) in [6.45, 7) is 3.50. The molecule has 0 radical (unpaired) electrons. The summed E-state index contributed by atoms with van der Waals surface area (Å²) < 4.78 is 8.27. The van der Waals surface area contributed by atoms with Gasteiger partial charge in [0.2, 0.25) is 5.28 Å². The van der Waals surface area contributed by atoms with E-state index in [1.165, 1.54) is 30.7 Å². The van der Waals surface area contributed by atoms with Gasteiger partial charge in [-0.25, -0.2) is 9.36 Å². The van der Waals surface area contributed by atoms with Gasteiger partial charge in [0.05, 0.1) is 5.56 Å². The first-order chi connectivity index (χ1) is 13.8. The molecular weight excluding hydrogens is 400 g/mol. The van der Waals surface area contributed by atoms with Crippen LogP contribution in [0.2, 0.25) is 5.28 Å². The molecular formula is C19H19ClN4O5. The lowest BCUT2D eigenvalue weighted by Crippen LogP contribution is -2.39. The Hall–Kier alpha value is -3.20. The van der Waals surface area contributed by atoms with Crippen molar-refractivity contribution in [2.24, 2.45) is 7.05 Å². The van der Waals surface area contributed by atoms with Gasteiger partial charge >= 0.3 is 11.7 Å². The molecule has 0 saturated heterocycles. The number of hydrogen-bond donors (Lipinski definition) is 0. The average molecular weight is 419 g/mol. The molecule has 0 aliphatic carbocycles. The zero-order valence-electron chi connectivity index (χ0n) is 16.1. The Balaban J connectivity index is 2.29. The fourth-order valence-corrected chi connectivity index (χ4v) is 3.23. The molecule has 10 heteroatoms. The number of halogens is 1. The molecule has 0 spiro atoms. The monoisotopic (exact) mass is 418 g/mol. The lowest BCUT2D eigenvalue weighted by Gasteiger charge is -2.11. The SMILES string of the molecule is CCCCn1c(=O)n(C)c(=O)c2c1nc(Cl)n2C(=O)c1ccccc1OC(C)=O. The second kappa shape index (κ2) is 8.04. The number of nitrogens with zero attached hydrogens (tertiary/aromatic N) is 4. The Morgan fingerprint density at radius 1 is 1.21 bits per heavy atom. The molecule has 0 atom stereocenters. The Labute approximate surface area is 170 Å².